The van der Waals surface area contributed by atoms with Crippen molar-refractivity contribution in [2.75, 3.05) is 79.0 Å². The van der Waals surface area contributed by atoms with E-state index < -0.39 is 36.1 Å². The van der Waals surface area contributed by atoms with Crippen molar-refractivity contribution in [2.45, 2.75) is 38.1 Å². The zero-order chi connectivity index (χ0) is 39.6. The molecule has 0 fully saturated rings. The SMILES string of the molecule is CN(C)CCCNC(=O)CNC(=O)[C@H](CSSC[C@H](NC(=O)OCc1ccccc1)C(=O)NCC(=O)NCCCN(C)C)NC(=O)OCc1ccccc1. The molecule has 16 nitrogen and oxygen atoms in total. The summed E-state index contributed by atoms with van der Waals surface area (Å²) >= 11 is 0. The van der Waals surface area contributed by atoms with Crippen LogP contribution in [-0.4, -0.2) is 137 Å². The van der Waals surface area contributed by atoms with E-state index in [-0.39, 0.29) is 49.6 Å². The van der Waals surface area contributed by atoms with Crippen LogP contribution in [0.1, 0.15) is 24.0 Å². The first-order chi connectivity index (χ1) is 25.9. The van der Waals surface area contributed by atoms with Crippen LogP contribution in [0.5, 0.6) is 0 Å². The second kappa shape index (κ2) is 27.1. The zero-order valence-electron chi connectivity index (χ0n) is 31.4. The molecule has 0 unspecified atom stereocenters. The van der Waals surface area contributed by atoms with Crippen molar-refractivity contribution in [3.05, 3.63) is 71.8 Å². The average Bonchev–Trinajstić information content (AvgIpc) is 3.15. The molecule has 0 radical (unpaired) electrons. The highest BCUT2D eigenvalue weighted by Crippen LogP contribution is 2.23. The van der Waals surface area contributed by atoms with Crippen LogP contribution < -0.4 is 31.9 Å². The Morgan fingerprint density at radius 2 is 0.944 bits per heavy atom. The summed E-state index contributed by atoms with van der Waals surface area (Å²) in [6.45, 7) is 1.83. The first kappa shape index (κ1) is 45.6. The Bertz CT molecular complexity index is 1330. The van der Waals surface area contributed by atoms with Crippen molar-refractivity contribution >= 4 is 57.4 Å². The van der Waals surface area contributed by atoms with Gasteiger partial charge in [-0.1, -0.05) is 82.3 Å². The van der Waals surface area contributed by atoms with Gasteiger partial charge in [0.05, 0.1) is 13.1 Å². The Hall–Kier alpha value is -4.52. The van der Waals surface area contributed by atoms with Crippen LogP contribution in [0.4, 0.5) is 9.59 Å². The zero-order valence-corrected chi connectivity index (χ0v) is 33.0. The Labute approximate surface area is 325 Å². The fraction of sp³-hybridized carbons (Fsp3) is 0.500. The van der Waals surface area contributed by atoms with Gasteiger partial charge in [-0.15, -0.1) is 0 Å². The first-order valence-corrected chi connectivity index (χ1v) is 20.0. The number of carbonyl (C=O) groups excluding carboxylic acids is 6. The highest BCUT2D eigenvalue weighted by atomic mass is 33.1. The Morgan fingerprint density at radius 3 is 1.30 bits per heavy atom. The van der Waals surface area contributed by atoms with E-state index in [1.165, 1.54) is 0 Å². The number of alkyl carbamates (subject to hydrolysis) is 2. The van der Waals surface area contributed by atoms with Crippen molar-refractivity contribution in [3.63, 3.8) is 0 Å². The predicted molar refractivity (Wildman–Crippen MR) is 210 cm³/mol. The van der Waals surface area contributed by atoms with Gasteiger partial charge < -0.3 is 51.2 Å². The van der Waals surface area contributed by atoms with Gasteiger partial charge in [-0.25, -0.2) is 9.59 Å². The maximum absolute atomic E-state index is 13.2. The molecule has 0 saturated carbocycles. The third-order valence-corrected chi connectivity index (χ3v) is 9.67. The number of ether oxygens (including phenoxy) is 2. The van der Waals surface area contributed by atoms with Crippen molar-refractivity contribution in [1.82, 2.24) is 41.7 Å². The second-order valence-electron chi connectivity index (χ2n) is 12.5. The van der Waals surface area contributed by atoms with E-state index in [2.05, 4.69) is 31.9 Å². The molecule has 6 amide bonds. The van der Waals surface area contributed by atoms with E-state index >= 15 is 0 Å². The van der Waals surface area contributed by atoms with E-state index in [9.17, 15) is 28.8 Å². The predicted octanol–water partition coefficient (Wildman–Crippen LogP) is 1.33. The largest absolute Gasteiger partial charge is 0.445 e. The van der Waals surface area contributed by atoms with Crippen LogP contribution in [0.2, 0.25) is 0 Å². The molecule has 2 atom stereocenters. The van der Waals surface area contributed by atoms with E-state index in [1.54, 1.807) is 48.5 Å². The van der Waals surface area contributed by atoms with Gasteiger partial charge in [-0.3, -0.25) is 19.2 Å². The van der Waals surface area contributed by atoms with E-state index in [0.717, 1.165) is 58.6 Å². The monoisotopic (exact) mass is 790 g/mol. The summed E-state index contributed by atoms with van der Waals surface area (Å²) in [4.78, 5) is 80.3. The Kier molecular flexibility index (Phi) is 22.9. The summed E-state index contributed by atoms with van der Waals surface area (Å²) in [6, 6.07) is 15.8. The third-order valence-electron chi connectivity index (χ3n) is 7.25. The summed E-state index contributed by atoms with van der Waals surface area (Å²) in [5, 5.41) is 15.7. The summed E-state index contributed by atoms with van der Waals surface area (Å²) < 4.78 is 10.6. The Balaban J connectivity index is 1.99. The first-order valence-electron chi connectivity index (χ1n) is 17.5. The molecule has 0 spiro atoms. The molecule has 18 heteroatoms. The fourth-order valence-corrected chi connectivity index (χ4v) is 6.69. The minimum atomic E-state index is -1.11. The number of carbonyl (C=O) groups is 6. The minimum Gasteiger partial charge on any atom is -0.445 e. The molecule has 2 rings (SSSR count). The lowest BCUT2D eigenvalue weighted by Crippen LogP contribution is -2.51. The lowest BCUT2D eigenvalue weighted by atomic mass is 10.2. The molecule has 0 heterocycles. The molecule has 2 aromatic carbocycles. The summed E-state index contributed by atoms with van der Waals surface area (Å²) in [6.07, 6.45) is -0.197. The van der Waals surface area contributed by atoms with Crippen molar-refractivity contribution < 1.29 is 38.2 Å². The van der Waals surface area contributed by atoms with Gasteiger partial charge in [-0.05, 0) is 65.2 Å². The van der Waals surface area contributed by atoms with Crippen LogP contribution in [0.15, 0.2) is 60.7 Å². The highest BCUT2D eigenvalue weighted by molar-refractivity contribution is 8.76. The molecule has 0 aliphatic rings. The number of nitrogens with zero attached hydrogens (tertiary/aromatic N) is 2. The van der Waals surface area contributed by atoms with E-state index in [0.29, 0.717) is 13.1 Å². The molecular formula is C36H54N8O8S2. The van der Waals surface area contributed by atoms with Crippen LogP contribution >= 0.6 is 21.6 Å². The van der Waals surface area contributed by atoms with Crippen LogP contribution in [-0.2, 0) is 41.9 Å². The number of nitrogens with one attached hydrogen (secondary N) is 6. The summed E-state index contributed by atoms with van der Waals surface area (Å²) in [5.74, 6) is -1.95. The molecule has 0 aromatic heterocycles. The van der Waals surface area contributed by atoms with Gasteiger partial charge in [0.1, 0.15) is 25.3 Å². The molecule has 0 bridgehead atoms. The van der Waals surface area contributed by atoms with Gasteiger partial charge >= 0.3 is 12.2 Å². The quantitative estimate of drug-likeness (QED) is 0.0624. The third kappa shape index (κ3) is 21.9. The Morgan fingerprint density at radius 1 is 0.574 bits per heavy atom. The minimum absolute atomic E-state index is 0.0174. The second-order valence-corrected chi connectivity index (χ2v) is 15.1. The normalized spacial score (nSPS) is 11.9. The van der Waals surface area contributed by atoms with Crippen molar-refractivity contribution in [2.24, 2.45) is 0 Å². The standard InChI is InChI=1S/C36H54N8O8S2/c1-43(2)19-11-17-37-31(45)21-39-33(47)29(41-35(49)51-23-27-13-7-5-8-14-27)25-53-54-26-30(42-36(50)52-24-28-15-9-6-10-16-28)34(48)40-22-32(46)38-18-12-20-44(3)4/h5-10,13-16,29-30H,11-12,17-26H2,1-4H3,(H,37,45)(H,38,46)(H,39,47)(H,40,48)(H,41,49)(H,42,50)/t29-,30-/m0/s1. The van der Waals surface area contributed by atoms with E-state index in [1.807, 2.05) is 50.1 Å². The average molecular weight is 791 g/mol. The number of amides is 6. The number of hydrogen-bond donors (Lipinski definition) is 6. The number of hydrogen-bond acceptors (Lipinski definition) is 12. The van der Waals surface area contributed by atoms with Gasteiger partial charge in [0.2, 0.25) is 23.6 Å². The van der Waals surface area contributed by atoms with Crippen molar-refractivity contribution in [3.8, 4) is 0 Å². The highest BCUT2D eigenvalue weighted by Gasteiger charge is 2.25. The van der Waals surface area contributed by atoms with Crippen LogP contribution in [0.25, 0.3) is 0 Å². The molecular weight excluding hydrogens is 737 g/mol. The summed E-state index contributed by atoms with van der Waals surface area (Å²) in [5.41, 5.74) is 1.51. The van der Waals surface area contributed by atoms with Gasteiger partial charge in [0.25, 0.3) is 0 Å². The molecule has 0 aliphatic heterocycles. The number of benzene rings is 2. The number of rotatable bonds is 25. The summed E-state index contributed by atoms with van der Waals surface area (Å²) in [7, 11) is 10.0. The van der Waals surface area contributed by atoms with Crippen molar-refractivity contribution in [1.29, 1.82) is 0 Å². The maximum Gasteiger partial charge on any atom is 0.408 e. The maximum atomic E-state index is 13.2. The van der Waals surface area contributed by atoms with E-state index in [4.69, 9.17) is 9.47 Å². The van der Waals surface area contributed by atoms with Crippen LogP contribution in [0.3, 0.4) is 0 Å². The van der Waals surface area contributed by atoms with Gasteiger partial charge in [0.15, 0.2) is 0 Å². The molecule has 298 valence electrons. The topological polar surface area (TPSA) is 200 Å². The molecule has 0 saturated heterocycles. The van der Waals surface area contributed by atoms with Gasteiger partial charge in [0, 0.05) is 24.6 Å². The smallest absolute Gasteiger partial charge is 0.408 e. The molecule has 2 aromatic rings. The molecule has 54 heavy (non-hydrogen) atoms. The fourth-order valence-electron chi connectivity index (χ4n) is 4.36. The van der Waals surface area contributed by atoms with Crippen LogP contribution in [0, 0.1) is 0 Å². The molecule has 0 aliphatic carbocycles. The van der Waals surface area contributed by atoms with Gasteiger partial charge in [-0.2, -0.15) is 0 Å². The lowest BCUT2D eigenvalue weighted by molar-refractivity contribution is -0.126. The lowest BCUT2D eigenvalue weighted by Gasteiger charge is -2.20. The molecule has 6 N–H and O–H groups in total.